The smallest absolute Gasteiger partial charge is 0.408 e. The van der Waals surface area contributed by atoms with Crippen LogP contribution in [-0.4, -0.2) is 40.3 Å². The molecule has 0 saturated carbocycles. The molecule has 1 fully saturated rings. The molecule has 34 heavy (non-hydrogen) atoms. The highest BCUT2D eigenvalue weighted by molar-refractivity contribution is 8.00. The quantitative estimate of drug-likeness (QED) is 0.410. The summed E-state index contributed by atoms with van der Waals surface area (Å²) >= 11 is 1.42. The van der Waals surface area contributed by atoms with Crippen molar-refractivity contribution in [1.29, 1.82) is 0 Å². The highest BCUT2D eigenvalue weighted by atomic mass is 32.2. The Hall–Kier alpha value is -3.85. The number of rotatable bonds is 9. The Bertz CT molecular complexity index is 1120. The van der Waals surface area contributed by atoms with Gasteiger partial charge in [0, 0.05) is 23.7 Å². The van der Waals surface area contributed by atoms with Crippen LogP contribution in [-0.2, 0) is 27.4 Å². The van der Waals surface area contributed by atoms with Gasteiger partial charge in [-0.2, -0.15) is 0 Å². The van der Waals surface area contributed by atoms with Gasteiger partial charge in [-0.3, -0.25) is 14.6 Å². The van der Waals surface area contributed by atoms with Crippen LogP contribution >= 0.6 is 11.8 Å². The van der Waals surface area contributed by atoms with Crippen molar-refractivity contribution in [2.45, 2.75) is 35.4 Å². The van der Waals surface area contributed by atoms with E-state index in [0.717, 1.165) is 16.0 Å². The largest absolute Gasteiger partial charge is 0.445 e. The number of thioether (sulfide) groups is 1. The Labute approximate surface area is 201 Å². The molecule has 3 aromatic rings. The Morgan fingerprint density at radius 3 is 2.26 bits per heavy atom. The lowest BCUT2D eigenvalue weighted by molar-refractivity contribution is -0.134. The number of β-lactam (4-membered cyclic amide) rings is 1. The average molecular weight is 477 g/mol. The van der Waals surface area contributed by atoms with E-state index in [1.165, 1.54) is 11.8 Å². The number of nitrogens with zero attached hydrogens (tertiary/aromatic N) is 1. The van der Waals surface area contributed by atoms with Crippen molar-refractivity contribution in [2.24, 2.45) is 0 Å². The topological polar surface area (TPSA) is 109 Å². The maximum atomic E-state index is 13.1. The van der Waals surface area contributed by atoms with Crippen LogP contribution in [0, 0.1) is 0 Å². The van der Waals surface area contributed by atoms with Crippen LogP contribution in [0.1, 0.15) is 11.1 Å². The second-order valence-electron chi connectivity index (χ2n) is 7.66. The number of carbonyl (C=O) groups is 3. The number of hydrogen-bond donors (Lipinski definition) is 3. The molecular formula is C25H24N4O4S. The number of ether oxygens (including phenoxy) is 1. The normalized spacial score (nSPS) is 17.6. The van der Waals surface area contributed by atoms with Crippen LogP contribution in [0.15, 0.2) is 90.1 Å². The van der Waals surface area contributed by atoms with E-state index in [2.05, 4.69) is 20.9 Å². The van der Waals surface area contributed by atoms with Gasteiger partial charge in [-0.1, -0.05) is 72.4 Å². The van der Waals surface area contributed by atoms with Crippen LogP contribution in [0.3, 0.4) is 0 Å². The Morgan fingerprint density at radius 2 is 1.62 bits per heavy atom. The molecule has 1 aliphatic heterocycles. The third-order valence-electron chi connectivity index (χ3n) is 5.18. The van der Waals surface area contributed by atoms with Crippen molar-refractivity contribution >= 4 is 29.7 Å². The molecule has 0 radical (unpaired) electrons. The SMILES string of the molecule is O=C(N[C@@H](Cc1ccccc1)C(=O)N[C@@H]1C(=O)N[C@H]1Sc1ccncc1)OCc1ccccc1. The van der Waals surface area contributed by atoms with Crippen molar-refractivity contribution in [3.05, 3.63) is 96.3 Å². The molecule has 9 heteroatoms. The second-order valence-corrected chi connectivity index (χ2v) is 8.88. The molecule has 0 spiro atoms. The predicted octanol–water partition coefficient (Wildman–Crippen LogP) is 2.65. The molecule has 3 atom stereocenters. The first-order valence-corrected chi connectivity index (χ1v) is 11.6. The molecule has 3 amide bonds. The van der Waals surface area contributed by atoms with Gasteiger partial charge in [-0.05, 0) is 23.3 Å². The fourth-order valence-corrected chi connectivity index (χ4v) is 4.45. The molecule has 2 aromatic carbocycles. The van der Waals surface area contributed by atoms with E-state index >= 15 is 0 Å². The van der Waals surface area contributed by atoms with Crippen molar-refractivity contribution in [3.8, 4) is 0 Å². The molecule has 8 nitrogen and oxygen atoms in total. The van der Waals surface area contributed by atoms with Crippen LogP contribution in [0.25, 0.3) is 0 Å². The Morgan fingerprint density at radius 1 is 0.971 bits per heavy atom. The fraction of sp³-hybridized carbons (Fsp3) is 0.200. The lowest BCUT2D eigenvalue weighted by atomic mass is 10.0. The van der Waals surface area contributed by atoms with Crippen LogP contribution in [0.4, 0.5) is 4.79 Å². The van der Waals surface area contributed by atoms with Gasteiger partial charge in [0.05, 0.1) is 0 Å². The molecule has 1 aliphatic rings. The van der Waals surface area contributed by atoms with E-state index in [1.807, 2.05) is 72.8 Å². The summed E-state index contributed by atoms with van der Waals surface area (Å²) < 4.78 is 5.29. The van der Waals surface area contributed by atoms with E-state index < -0.39 is 24.1 Å². The van der Waals surface area contributed by atoms with Crippen LogP contribution in [0.5, 0.6) is 0 Å². The van der Waals surface area contributed by atoms with Crippen LogP contribution < -0.4 is 16.0 Å². The summed E-state index contributed by atoms with van der Waals surface area (Å²) in [5, 5.41) is 7.90. The number of pyridine rings is 1. The summed E-state index contributed by atoms with van der Waals surface area (Å²) in [6, 6.07) is 20.6. The standard InChI is InChI=1S/C25H24N4O4S/c30-22(28-21-23(31)29-24(21)34-19-11-13-26-14-12-19)20(15-17-7-3-1-4-8-17)27-25(32)33-16-18-9-5-2-6-10-18/h1-14,20-21,24H,15-16H2,(H,27,32)(H,28,30)(H,29,31)/t20-,21+,24-/m0/s1. The highest BCUT2D eigenvalue weighted by Crippen LogP contribution is 2.27. The minimum absolute atomic E-state index is 0.0853. The first kappa shape index (κ1) is 23.3. The summed E-state index contributed by atoms with van der Waals surface area (Å²) in [7, 11) is 0. The molecule has 4 rings (SSSR count). The first-order chi connectivity index (χ1) is 16.6. The van der Waals surface area contributed by atoms with Gasteiger partial charge < -0.3 is 20.7 Å². The number of carbonyl (C=O) groups excluding carboxylic acids is 3. The van der Waals surface area contributed by atoms with E-state index in [-0.39, 0.29) is 24.3 Å². The predicted molar refractivity (Wildman–Crippen MR) is 128 cm³/mol. The number of benzene rings is 2. The van der Waals surface area contributed by atoms with Crippen LogP contribution in [0.2, 0.25) is 0 Å². The van der Waals surface area contributed by atoms with Crippen molar-refractivity contribution in [1.82, 2.24) is 20.9 Å². The van der Waals surface area contributed by atoms with Gasteiger partial charge in [0.15, 0.2) is 0 Å². The summed E-state index contributed by atoms with van der Waals surface area (Å²) in [5.41, 5.74) is 1.70. The van der Waals surface area contributed by atoms with Crippen molar-refractivity contribution in [2.75, 3.05) is 0 Å². The zero-order valence-corrected chi connectivity index (χ0v) is 19.0. The number of hydrogen-bond acceptors (Lipinski definition) is 6. The fourth-order valence-electron chi connectivity index (χ4n) is 3.38. The summed E-state index contributed by atoms with van der Waals surface area (Å²) in [5.74, 6) is -0.731. The molecule has 174 valence electrons. The monoisotopic (exact) mass is 476 g/mol. The number of alkyl carbamates (subject to hydrolysis) is 1. The molecular weight excluding hydrogens is 452 g/mol. The number of aromatic nitrogens is 1. The molecule has 1 aromatic heterocycles. The Kier molecular flexibility index (Phi) is 7.77. The summed E-state index contributed by atoms with van der Waals surface area (Å²) in [6.45, 7) is 0.0853. The van der Waals surface area contributed by atoms with Gasteiger partial charge in [0.2, 0.25) is 11.8 Å². The van der Waals surface area contributed by atoms with Gasteiger partial charge in [-0.15, -0.1) is 0 Å². The van der Waals surface area contributed by atoms with Gasteiger partial charge in [0.1, 0.15) is 24.1 Å². The lowest BCUT2D eigenvalue weighted by Gasteiger charge is -2.37. The third kappa shape index (κ3) is 6.35. The second kappa shape index (κ2) is 11.3. The number of nitrogens with one attached hydrogen (secondary N) is 3. The van der Waals surface area contributed by atoms with E-state index in [9.17, 15) is 14.4 Å². The zero-order chi connectivity index (χ0) is 23.8. The molecule has 1 saturated heterocycles. The zero-order valence-electron chi connectivity index (χ0n) is 18.2. The molecule has 2 heterocycles. The maximum Gasteiger partial charge on any atom is 0.408 e. The lowest BCUT2D eigenvalue weighted by Crippen LogP contribution is -2.69. The highest BCUT2D eigenvalue weighted by Gasteiger charge is 2.42. The molecule has 0 aliphatic carbocycles. The van der Waals surface area contributed by atoms with Gasteiger partial charge in [0.25, 0.3) is 0 Å². The third-order valence-corrected chi connectivity index (χ3v) is 6.37. The molecule has 0 bridgehead atoms. The summed E-state index contributed by atoms with van der Waals surface area (Å²) in [4.78, 5) is 42.6. The minimum Gasteiger partial charge on any atom is -0.445 e. The minimum atomic E-state index is -0.911. The Balaban J connectivity index is 1.39. The van der Waals surface area contributed by atoms with E-state index in [1.54, 1.807) is 12.4 Å². The maximum absolute atomic E-state index is 13.1. The number of amides is 3. The van der Waals surface area contributed by atoms with Crippen molar-refractivity contribution < 1.29 is 19.1 Å². The average Bonchev–Trinajstić information content (AvgIpc) is 2.87. The van der Waals surface area contributed by atoms with Gasteiger partial charge >= 0.3 is 6.09 Å². The van der Waals surface area contributed by atoms with E-state index in [0.29, 0.717) is 0 Å². The summed E-state index contributed by atoms with van der Waals surface area (Å²) in [6.07, 6.45) is 2.87. The van der Waals surface area contributed by atoms with E-state index in [4.69, 9.17) is 4.74 Å². The molecule has 3 N–H and O–H groups in total. The molecule has 0 unspecified atom stereocenters. The van der Waals surface area contributed by atoms with Gasteiger partial charge in [-0.25, -0.2) is 4.79 Å². The first-order valence-electron chi connectivity index (χ1n) is 10.8. The van der Waals surface area contributed by atoms with Crippen molar-refractivity contribution in [3.63, 3.8) is 0 Å².